The highest BCUT2D eigenvalue weighted by Crippen LogP contribution is 2.27. The average molecular weight is 338 g/mol. The Labute approximate surface area is 128 Å². The minimum Gasteiger partial charge on any atom is -0.481 e. The fraction of sp³-hybridized carbons (Fsp3) is 0.462. The van der Waals surface area contributed by atoms with Crippen molar-refractivity contribution in [1.29, 1.82) is 0 Å². The number of benzene rings is 1. The maximum Gasteiger partial charge on any atom is 0.304 e. The van der Waals surface area contributed by atoms with Gasteiger partial charge in [-0.15, -0.1) is 0 Å². The summed E-state index contributed by atoms with van der Waals surface area (Å²) >= 11 is 5.61. The molecule has 0 atom stereocenters. The molecule has 1 aromatic rings. The number of aliphatic carboxylic acids is 1. The van der Waals surface area contributed by atoms with Crippen LogP contribution in [-0.2, 0) is 14.8 Å². The SMILES string of the molecule is CC(C)(C)N(CCC(=O)O)S(=O)(=O)c1ccc(Cl)cc1F. The Kier molecular flexibility index (Phi) is 5.35. The number of nitrogens with zero attached hydrogens (tertiary/aromatic N) is 1. The van der Waals surface area contributed by atoms with E-state index in [0.717, 1.165) is 16.4 Å². The highest BCUT2D eigenvalue weighted by molar-refractivity contribution is 7.89. The standard InChI is InChI=1S/C13H17ClFNO4S/c1-13(2,3)16(7-6-12(17)18)21(19,20)11-5-4-9(14)8-10(11)15/h4-5,8H,6-7H2,1-3H3,(H,17,18). The third-order valence-electron chi connectivity index (χ3n) is 2.74. The van der Waals surface area contributed by atoms with Crippen LogP contribution in [0.4, 0.5) is 4.39 Å². The summed E-state index contributed by atoms with van der Waals surface area (Å²) in [4.78, 5) is 10.2. The smallest absolute Gasteiger partial charge is 0.304 e. The van der Waals surface area contributed by atoms with Crippen LogP contribution in [0.1, 0.15) is 27.2 Å². The molecule has 0 saturated carbocycles. The Balaban J connectivity index is 3.30. The molecule has 8 heteroatoms. The normalized spacial score (nSPS) is 12.7. The average Bonchev–Trinajstić information content (AvgIpc) is 2.25. The molecule has 0 saturated heterocycles. The van der Waals surface area contributed by atoms with Crippen molar-refractivity contribution < 1.29 is 22.7 Å². The van der Waals surface area contributed by atoms with E-state index in [4.69, 9.17) is 16.7 Å². The van der Waals surface area contributed by atoms with Crippen molar-refractivity contribution >= 4 is 27.6 Å². The second-order valence-corrected chi connectivity index (χ2v) is 7.73. The fourth-order valence-corrected chi connectivity index (χ4v) is 3.81. The Morgan fingerprint density at radius 1 is 1.38 bits per heavy atom. The van der Waals surface area contributed by atoms with E-state index in [9.17, 15) is 17.6 Å². The van der Waals surface area contributed by atoms with Gasteiger partial charge in [-0.3, -0.25) is 4.79 Å². The molecule has 0 unspecified atom stereocenters. The minimum atomic E-state index is -4.17. The number of halogens is 2. The molecule has 1 rings (SSSR count). The van der Waals surface area contributed by atoms with Crippen molar-refractivity contribution in [2.45, 2.75) is 37.6 Å². The lowest BCUT2D eigenvalue weighted by molar-refractivity contribution is -0.137. The van der Waals surface area contributed by atoms with Crippen molar-refractivity contribution in [3.05, 3.63) is 29.0 Å². The molecule has 5 nitrogen and oxygen atoms in total. The molecule has 0 spiro atoms. The molecule has 1 aromatic carbocycles. The molecular weight excluding hydrogens is 321 g/mol. The van der Waals surface area contributed by atoms with Crippen LogP contribution in [0, 0.1) is 5.82 Å². The molecule has 1 N–H and O–H groups in total. The summed E-state index contributed by atoms with van der Waals surface area (Å²) < 4.78 is 40.0. The van der Waals surface area contributed by atoms with Crippen LogP contribution in [0.15, 0.2) is 23.1 Å². The van der Waals surface area contributed by atoms with Gasteiger partial charge in [0.05, 0.1) is 6.42 Å². The molecule has 0 aliphatic carbocycles. The van der Waals surface area contributed by atoms with Crippen LogP contribution in [0.3, 0.4) is 0 Å². The lowest BCUT2D eigenvalue weighted by atomic mass is 10.1. The van der Waals surface area contributed by atoms with Crippen molar-refractivity contribution in [2.75, 3.05) is 6.54 Å². The molecule has 0 fully saturated rings. The molecule has 0 aliphatic rings. The van der Waals surface area contributed by atoms with Gasteiger partial charge in [0, 0.05) is 17.1 Å². The molecule has 118 valence electrons. The van der Waals surface area contributed by atoms with Crippen LogP contribution in [0.5, 0.6) is 0 Å². The summed E-state index contributed by atoms with van der Waals surface area (Å²) in [7, 11) is -4.17. The number of sulfonamides is 1. The predicted molar refractivity (Wildman–Crippen MR) is 77.3 cm³/mol. The topological polar surface area (TPSA) is 74.7 Å². The maximum atomic E-state index is 13.9. The van der Waals surface area contributed by atoms with E-state index in [-0.39, 0.29) is 18.0 Å². The highest BCUT2D eigenvalue weighted by atomic mass is 35.5. The summed E-state index contributed by atoms with van der Waals surface area (Å²) in [5.74, 6) is -2.09. The van der Waals surface area contributed by atoms with E-state index in [0.29, 0.717) is 0 Å². The lowest BCUT2D eigenvalue weighted by Crippen LogP contribution is -2.46. The Hall–Kier alpha value is -1.18. The first kappa shape index (κ1) is 17.9. The van der Waals surface area contributed by atoms with Gasteiger partial charge in [-0.2, -0.15) is 4.31 Å². The fourth-order valence-electron chi connectivity index (χ4n) is 1.82. The van der Waals surface area contributed by atoms with Gasteiger partial charge in [-0.25, -0.2) is 12.8 Å². The van der Waals surface area contributed by atoms with E-state index in [1.807, 2.05) is 0 Å². The Bertz CT molecular complexity index is 640. The molecule has 0 bridgehead atoms. The summed E-state index contributed by atoms with van der Waals surface area (Å²) in [5.41, 5.74) is -0.889. The first-order valence-corrected chi connectivity index (χ1v) is 7.98. The predicted octanol–water partition coefficient (Wildman–Crippen LogP) is 2.74. The molecule has 0 amide bonds. The number of carboxylic acid groups (broad SMARTS) is 1. The van der Waals surface area contributed by atoms with Crippen LogP contribution < -0.4 is 0 Å². The molecular formula is C13H17ClFNO4S. The number of carbonyl (C=O) groups is 1. The second-order valence-electron chi connectivity index (χ2n) is 5.47. The van der Waals surface area contributed by atoms with Crippen molar-refractivity contribution in [2.24, 2.45) is 0 Å². The van der Waals surface area contributed by atoms with E-state index in [1.165, 1.54) is 6.07 Å². The van der Waals surface area contributed by atoms with Gasteiger partial charge in [-0.1, -0.05) is 11.6 Å². The first-order chi connectivity index (χ1) is 9.46. The molecule has 0 heterocycles. The number of rotatable bonds is 5. The van der Waals surface area contributed by atoms with Crippen LogP contribution in [0.2, 0.25) is 5.02 Å². The van der Waals surface area contributed by atoms with Gasteiger partial charge in [0.1, 0.15) is 10.7 Å². The number of hydrogen-bond acceptors (Lipinski definition) is 3. The third-order valence-corrected chi connectivity index (χ3v) is 5.17. The monoisotopic (exact) mass is 337 g/mol. The quantitative estimate of drug-likeness (QED) is 0.896. The Morgan fingerprint density at radius 2 is 1.95 bits per heavy atom. The van der Waals surface area contributed by atoms with Crippen molar-refractivity contribution in [1.82, 2.24) is 4.31 Å². The van der Waals surface area contributed by atoms with Gasteiger partial charge in [-0.05, 0) is 39.0 Å². The van der Waals surface area contributed by atoms with Gasteiger partial charge in [0.25, 0.3) is 0 Å². The van der Waals surface area contributed by atoms with E-state index < -0.39 is 32.2 Å². The largest absolute Gasteiger partial charge is 0.481 e. The van der Waals surface area contributed by atoms with E-state index in [1.54, 1.807) is 20.8 Å². The van der Waals surface area contributed by atoms with Gasteiger partial charge >= 0.3 is 5.97 Å². The summed E-state index contributed by atoms with van der Waals surface area (Å²) in [6, 6.07) is 3.26. The number of carboxylic acids is 1. The van der Waals surface area contributed by atoms with Crippen LogP contribution in [-0.4, -0.2) is 35.9 Å². The Morgan fingerprint density at radius 3 is 2.38 bits per heavy atom. The van der Waals surface area contributed by atoms with Crippen LogP contribution in [0.25, 0.3) is 0 Å². The van der Waals surface area contributed by atoms with E-state index in [2.05, 4.69) is 0 Å². The summed E-state index contributed by atoms with van der Waals surface area (Å²) in [6.45, 7) is 4.59. The zero-order valence-corrected chi connectivity index (χ0v) is 13.5. The molecule has 0 aromatic heterocycles. The lowest BCUT2D eigenvalue weighted by Gasteiger charge is -2.34. The van der Waals surface area contributed by atoms with Gasteiger partial charge in [0.15, 0.2) is 0 Å². The minimum absolute atomic E-state index is 0.0827. The number of hydrogen-bond donors (Lipinski definition) is 1. The zero-order valence-electron chi connectivity index (χ0n) is 11.9. The van der Waals surface area contributed by atoms with Crippen LogP contribution >= 0.6 is 11.6 Å². The molecule has 0 radical (unpaired) electrons. The van der Waals surface area contributed by atoms with Gasteiger partial charge < -0.3 is 5.11 Å². The third kappa shape index (κ3) is 4.39. The van der Waals surface area contributed by atoms with Gasteiger partial charge in [0.2, 0.25) is 10.0 Å². The highest BCUT2D eigenvalue weighted by Gasteiger charge is 2.35. The summed E-state index contributed by atoms with van der Waals surface area (Å²) in [6.07, 6.45) is -0.369. The summed E-state index contributed by atoms with van der Waals surface area (Å²) in [5, 5.41) is 8.83. The molecule has 21 heavy (non-hydrogen) atoms. The zero-order chi connectivity index (χ0) is 16.4. The van der Waals surface area contributed by atoms with E-state index >= 15 is 0 Å². The maximum absolute atomic E-state index is 13.9. The molecule has 0 aliphatic heterocycles. The van der Waals surface area contributed by atoms with Crippen molar-refractivity contribution in [3.8, 4) is 0 Å². The first-order valence-electron chi connectivity index (χ1n) is 6.16. The van der Waals surface area contributed by atoms with Crippen molar-refractivity contribution in [3.63, 3.8) is 0 Å². The second kappa shape index (κ2) is 6.29.